The summed E-state index contributed by atoms with van der Waals surface area (Å²) in [5.74, 6) is 0.167. The standard InChI is InChI=1S/C21H23N3O2S/c1-15(2)24-20(26)17-10-6-7-11-18(17)23-21(24)27-14-19(25)22-13-12-16-8-4-3-5-9-16/h3-11,15H,12-14H2,1-2H3,(H,22,25). The maximum Gasteiger partial charge on any atom is 0.262 e. The van der Waals surface area contributed by atoms with Crippen LogP contribution in [0.1, 0.15) is 25.5 Å². The van der Waals surface area contributed by atoms with Crippen LogP contribution >= 0.6 is 11.8 Å². The zero-order chi connectivity index (χ0) is 19.2. The molecule has 1 aromatic heterocycles. The number of amides is 1. The Labute approximate surface area is 162 Å². The highest BCUT2D eigenvalue weighted by Gasteiger charge is 2.15. The van der Waals surface area contributed by atoms with E-state index in [0.29, 0.717) is 22.6 Å². The van der Waals surface area contributed by atoms with E-state index in [-0.39, 0.29) is 23.3 Å². The van der Waals surface area contributed by atoms with Gasteiger partial charge in [0.15, 0.2) is 5.16 Å². The Morgan fingerprint density at radius 3 is 2.56 bits per heavy atom. The van der Waals surface area contributed by atoms with E-state index in [1.165, 1.54) is 17.3 Å². The molecule has 1 N–H and O–H groups in total. The third-order valence-corrected chi connectivity index (χ3v) is 5.16. The lowest BCUT2D eigenvalue weighted by Gasteiger charge is -2.16. The molecular weight excluding hydrogens is 358 g/mol. The van der Waals surface area contributed by atoms with E-state index in [1.807, 2.05) is 62.4 Å². The smallest absolute Gasteiger partial charge is 0.262 e. The molecule has 3 rings (SSSR count). The average molecular weight is 382 g/mol. The second kappa shape index (κ2) is 8.86. The van der Waals surface area contributed by atoms with Gasteiger partial charge in [-0.2, -0.15) is 0 Å². The van der Waals surface area contributed by atoms with Gasteiger partial charge in [0, 0.05) is 12.6 Å². The normalized spacial score (nSPS) is 11.1. The number of nitrogens with zero attached hydrogens (tertiary/aromatic N) is 2. The van der Waals surface area contributed by atoms with Crippen molar-refractivity contribution in [3.05, 3.63) is 70.5 Å². The number of hydrogen-bond donors (Lipinski definition) is 1. The molecule has 0 unspecified atom stereocenters. The predicted molar refractivity (Wildman–Crippen MR) is 110 cm³/mol. The van der Waals surface area contributed by atoms with Crippen LogP contribution in [0.4, 0.5) is 0 Å². The molecule has 0 aliphatic carbocycles. The number of hydrogen-bond acceptors (Lipinski definition) is 4. The maximum absolute atomic E-state index is 12.8. The summed E-state index contributed by atoms with van der Waals surface area (Å²) in [7, 11) is 0. The third-order valence-electron chi connectivity index (χ3n) is 4.20. The molecule has 0 fully saturated rings. The molecule has 140 valence electrons. The van der Waals surface area contributed by atoms with Crippen LogP contribution in [0.5, 0.6) is 0 Å². The van der Waals surface area contributed by atoms with Crippen LogP contribution in [0.3, 0.4) is 0 Å². The topological polar surface area (TPSA) is 64.0 Å². The molecule has 6 heteroatoms. The van der Waals surface area contributed by atoms with Crippen LogP contribution in [-0.2, 0) is 11.2 Å². The van der Waals surface area contributed by atoms with Crippen molar-refractivity contribution in [1.29, 1.82) is 0 Å². The maximum atomic E-state index is 12.8. The number of fused-ring (bicyclic) bond motifs is 1. The molecule has 0 saturated heterocycles. The molecule has 0 atom stereocenters. The van der Waals surface area contributed by atoms with Gasteiger partial charge in [-0.15, -0.1) is 0 Å². The lowest BCUT2D eigenvalue weighted by atomic mass is 10.1. The summed E-state index contributed by atoms with van der Waals surface area (Å²) in [5, 5.41) is 4.10. The molecule has 1 amide bonds. The summed E-state index contributed by atoms with van der Waals surface area (Å²) in [5.41, 5.74) is 1.78. The lowest BCUT2D eigenvalue weighted by molar-refractivity contribution is -0.118. The van der Waals surface area contributed by atoms with E-state index >= 15 is 0 Å². The molecular formula is C21H23N3O2S. The highest BCUT2D eigenvalue weighted by atomic mass is 32.2. The molecule has 0 saturated carbocycles. The van der Waals surface area contributed by atoms with Crippen LogP contribution in [-0.4, -0.2) is 27.8 Å². The highest BCUT2D eigenvalue weighted by molar-refractivity contribution is 7.99. The molecule has 3 aromatic rings. The fraction of sp³-hybridized carbons (Fsp3) is 0.286. The van der Waals surface area contributed by atoms with Gasteiger partial charge in [-0.3, -0.25) is 14.2 Å². The molecule has 2 aromatic carbocycles. The van der Waals surface area contributed by atoms with Crippen molar-refractivity contribution in [2.24, 2.45) is 0 Å². The summed E-state index contributed by atoms with van der Waals surface area (Å²) in [4.78, 5) is 29.6. The molecule has 0 aliphatic rings. The minimum atomic E-state index is -0.0671. The van der Waals surface area contributed by atoms with E-state index in [0.717, 1.165) is 6.42 Å². The molecule has 1 heterocycles. The van der Waals surface area contributed by atoms with Gasteiger partial charge in [-0.05, 0) is 38.0 Å². The van der Waals surface area contributed by atoms with Crippen molar-refractivity contribution in [3.63, 3.8) is 0 Å². The molecule has 0 bridgehead atoms. The molecule has 0 aliphatic heterocycles. The highest BCUT2D eigenvalue weighted by Crippen LogP contribution is 2.20. The number of nitrogens with one attached hydrogen (secondary N) is 1. The van der Waals surface area contributed by atoms with Crippen LogP contribution in [0.2, 0.25) is 0 Å². The summed E-state index contributed by atoms with van der Waals surface area (Å²) < 4.78 is 1.66. The summed E-state index contributed by atoms with van der Waals surface area (Å²) in [6.07, 6.45) is 0.794. The second-order valence-corrected chi connectivity index (χ2v) is 7.50. The van der Waals surface area contributed by atoms with Crippen molar-refractivity contribution in [1.82, 2.24) is 14.9 Å². The Morgan fingerprint density at radius 2 is 1.81 bits per heavy atom. The van der Waals surface area contributed by atoms with E-state index < -0.39 is 0 Å². The Balaban J connectivity index is 1.66. The van der Waals surface area contributed by atoms with Crippen molar-refractivity contribution in [2.75, 3.05) is 12.3 Å². The van der Waals surface area contributed by atoms with Crippen LogP contribution in [0, 0.1) is 0 Å². The van der Waals surface area contributed by atoms with Gasteiger partial charge in [0.1, 0.15) is 0 Å². The number of carbonyl (C=O) groups excluding carboxylic acids is 1. The monoisotopic (exact) mass is 381 g/mol. The van der Waals surface area contributed by atoms with Gasteiger partial charge in [0.25, 0.3) is 5.56 Å². The number of benzene rings is 2. The zero-order valence-corrected chi connectivity index (χ0v) is 16.3. The van der Waals surface area contributed by atoms with Gasteiger partial charge in [-0.1, -0.05) is 54.2 Å². The fourth-order valence-corrected chi connectivity index (χ4v) is 3.81. The number of rotatable bonds is 7. The Kier molecular flexibility index (Phi) is 6.29. The van der Waals surface area contributed by atoms with Crippen molar-refractivity contribution >= 4 is 28.6 Å². The Hall–Kier alpha value is -2.60. The Morgan fingerprint density at radius 1 is 1.11 bits per heavy atom. The first-order chi connectivity index (χ1) is 13.1. The minimum absolute atomic E-state index is 0.0294. The van der Waals surface area contributed by atoms with E-state index in [2.05, 4.69) is 10.3 Å². The SMILES string of the molecule is CC(C)n1c(SCC(=O)NCCc2ccccc2)nc2ccccc2c1=O. The predicted octanol–water partition coefficient (Wildman–Crippen LogP) is 3.43. The average Bonchev–Trinajstić information content (AvgIpc) is 2.67. The van der Waals surface area contributed by atoms with Crippen molar-refractivity contribution in [2.45, 2.75) is 31.5 Å². The van der Waals surface area contributed by atoms with Gasteiger partial charge in [0.2, 0.25) is 5.91 Å². The fourth-order valence-electron chi connectivity index (χ4n) is 2.85. The summed E-state index contributed by atoms with van der Waals surface area (Å²) in [6.45, 7) is 4.48. The summed E-state index contributed by atoms with van der Waals surface area (Å²) >= 11 is 1.30. The lowest BCUT2D eigenvalue weighted by Crippen LogP contribution is -2.29. The molecule has 0 radical (unpaired) electrons. The first-order valence-corrected chi connectivity index (χ1v) is 9.99. The minimum Gasteiger partial charge on any atom is -0.355 e. The van der Waals surface area contributed by atoms with E-state index in [4.69, 9.17) is 0 Å². The first-order valence-electron chi connectivity index (χ1n) is 9.01. The second-order valence-electron chi connectivity index (χ2n) is 6.55. The number of aromatic nitrogens is 2. The largest absolute Gasteiger partial charge is 0.355 e. The number of carbonyl (C=O) groups is 1. The first kappa shape index (κ1) is 19.2. The molecule has 27 heavy (non-hydrogen) atoms. The molecule has 5 nitrogen and oxygen atoms in total. The summed E-state index contributed by atoms with van der Waals surface area (Å²) in [6, 6.07) is 17.3. The van der Waals surface area contributed by atoms with E-state index in [9.17, 15) is 9.59 Å². The molecule has 0 spiro atoms. The van der Waals surface area contributed by atoms with Gasteiger partial charge in [0.05, 0.1) is 16.7 Å². The van der Waals surface area contributed by atoms with Gasteiger partial charge in [-0.25, -0.2) is 4.98 Å². The van der Waals surface area contributed by atoms with Crippen LogP contribution in [0.25, 0.3) is 10.9 Å². The van der Waals surface area contributed by atoms with Crippen LogP contribution in [0.15, 0.2) is 64.5 Å². The van der Waals surface area contributed by atoms with Gasteiger partial charge >= 0.3 is 0 Å². The zero-order valence-electron chi connectivity index (χ0n) is 15.5. The van der Waals surface area contributed by atoms with Gasteiger partial charge < -0.3 is 5.32 Å². The van der Waals surface area contributed by atoms with Crippen LogP contribution < -0.4 is 10.9 Å². The number of thioether (sulfide) groups is 1. The van der Waals surface area contributed by atoms with E-state index in [1.54, 1.807) is 10.6 Å². The Bertz CT molecular complexity index is 984. The van der Waals surface area contributed by atoms with Crippen molar-refractivity contribution < 1.29 is 4.79 Å². The third kappa shape index (κ3) is 4.77. The quantitative estimate of drug-likeness (QED) is 0.503. The number of para-hydroxylation sites is 1. The van der Waals surface area contributed by atoms with Crippen molar-refractivity contribution in [3.8, 4) is 0 Å².